The molecule has 0 N–H and O–H groups in total. The molecule has 3 heterocycles. The molecule has 6 heteroatoms. The third kappa shape index (κ3) is 3.76. The Morgan fingerprint density at radius 2 is 1.81 bits per heavy atom. The summed E-state index contributed by atoms with van der Waals surface area (Å²) >= 11 is 0. The van der Waals surface area contributed by atoms with E-state index < -0.39 is 10.9 Å². The van der Waals surface area contributed by atoms with Crippen LogP contribution in [-0.4, -0.2) is 48.2 Å². The van der Waals surface area contributed by atoms with Gasteiger partial charge >= 0.3 is 0 Å². The molecule has 1 aromatic carbocycles. The van der Waals surface area contributed by atoms with Crippen LogP contribution >= 0.6 is 10.9 Å². The number of hydrogen-bond acceptors (Lipinski definition) is 5. The molecule has 0 amide bonds. The van der Waals surface area contributed by atoms with E-state index in [9.17, 15) is 0 Å². The van der Waals surface area contributed by atoms with Crippen LogP contribution in [-0.2, 0) is 11.3 Å². The summed E-state index contributed by atoms with van der Waals surface area (Å²) in [6.07, 6.45) is 5.70. The zero-order valence-corrected chi connectivity index (χ0v) is 15.8. The van der Waals surface area contributed by atoms with Crippen LogP contribution in [0.2, 0.25) is 0 Å². The van der Waals surface area contributed by atoms with Crippen LogP contribution in [0.4, 0.5) is 5.95 Å². The fourth-order valence-corrected chi connectivity index (χ4v) is 5.24. The van der Waals surface area contributed by atoms with Gasteiger partial charge in [0.25, 0.3) is 0 Å². The van der Waals surface area contributed by atoms with Gasteiger partial charge in [-0.1, -0.05) is 18.2 Å². The number of nitrogens with zero attached hydrogens (tertiary/aromatic N) is 4. The molecule has 0 radical (unpaired) electrons. The fourth-order valence-electron chi connectivity index (χ4n) is 3.35. The summed E-state index contributed by atoms with van der Waals surface area (Å²) in [6, 6.07) is 10.7. The van der Waals surface area contributed by atoms with Crippen LogP contribution in [0.25, 0.3) is 0 Å². The first kappa shape index (κ1) is 17.1. The Morgan fingerprint density at radius 1 is 1.04 bits per heavy atom. The molecule has 26 heavy (non-hydrogen) atoms. The quantitative estimate of drug-likeness (QED) is 0.821. The topological polar surface area (TPSA) is 41.5 Å². The number of rotatable bonds is 5. The van der Waals surface area contributed by atoms with E-state index in [1.54, 1.807) is 7.11 Å². The van der Waals surface area contributed by atoms with E-state index >= 15 is 0 Å². The van der Waals surface area contributed by atoms with Gasteiger partial charge in [0.1, 0.15) is 5.76 Å². The molecule has 1 saturated heterocycles. The normalized spacial score (nSPS) is 21.7. The minimum atomic E-state index is -0.403. The van der Waals surface area contributed by atoms with Crippen LogP contribution < -0.4 is 4.90 Å². The Balaban J connectivity index is 1.42. The Labute approximate surface area is 157 Å². The molecule has 1 aromatic heterocycles. The van der Waals surface area contributed by atoms with E-state index in [4.69, 9.17) is 4.74 Å². The largest absolute Gasteiger partial charge is 0.496 e. The van der Waals surface area contributed by atoms with Gasteiger partial charge in [0, 0.05) is 50.5 Å². The monoisotopic (exact) mass is 368 g/mol. The van der Waals surface area contributed by atoms with E-state index in [1.165, 1.54) is 10.5 Å². The molecule has 0 saturated carbocycles. The molecule has 0 bridgehead atoms. The lowest BCUT2D eigenvalue weighted by molar-refractivity contribution is 0.247. The maximum Gasteiger partial charge on any atom is 0.225 e. The van der Waals surface area contributed by atoms with Crippen molar-refractivity contribution in [2.45, 2.75) is 11.4 Å². The molecular formula is C20H24N4OS. The van der Waals surface area contributed by atoms with Gasteiger partial charge in [-0.2, -0.15) is 10.9 Å². The molecule has 0 spiro atoms. The average Bonchev–Trinajstić information content (AvgIpc) is 3.19. The molecule has 1 unspecified atom stereocenters. The van der Waals surface area contributed by atoms with Gasteiger partial charge in [0.2, 0.25) is 5.95 Å². The maximum atomic E-state index is 5.37. The average molecular weight is 369 g/mol. The summed E-state index contributed by atoms with van der Waals surface area (Å²) in [4.78, 5) is 14.9. The van der Waals surface area contributed by atoms with Gasteiger partial charge in [0.15, 0.2) is 0 Å². The summed E-state index contributed by atoms with van der Waals surface area (Å²) in [5.41, 5.74) is 1.42. The van der Waals surface area contributed by atoms with Crippen molar-refractivity contribution in [3.05, 3.63) is 70.9 Å². The highest BCUT2D eigenvalue weighted by molar-refractivity contribution is 8.22. The molecule has 136 valence electrons. The third-order valence-corrected chi connectivity index (χ3v) is 6.77. The first-order chi connectivity index (χ1) is 12.8. The smallest absolute Gasteiger partial charge is 0.225 e. The van der Waals surface area contributed by atoms with Crippen molar-refractivity contribution in [1.29, 1.82) is 0 Å². The lowest BCUT2D eigenvalue weighted by Gasteiger charge is -2.35. The molecular weight excluding hydrogens is 344 g/mol. The number of anilines is 1. The first-order valence-corrected chi connectivity index (χ1v) is 10.4. The van der Waals surface area contributed by atoms with Crippen LogP contribution in [0.1, 0.15) is 5.56 Å². The van der Waals surface area contributed by atoms with Crippen molar-refractivity contribution in [2.75, 3.05) is 38.2 Å². The minimum absolute atomic E-state index is 0.403. The molecule has 2 aliphatic rings. The lowest BCUT2D eigenvalue weighted by atomic mass is 10.2. The van der Waals surface area contributed by atoms with Gasteiger partial charge in [-0.15, -0.1) is 0 Å². The summed E-state index contributed by atoms with van der Waals surface area (Å²) in [7, 11) is 1.33. The van der Waals surface area contributed by atoms with Crippen LogP contribution in [0.3, 0.4) is 0 Å². The Kier molecular flexibility index (Phi) is 5.22. The van der Waals surface area contributed by atoms with E-state index in [1.807, 2.05) is 18.5 Å². The van der Waals surface area contributed by atoms with Gasteiger partial charge in [0.05, 0.1) is 7.11 Å². The molecule has 2 aromatic rings. The number of thiol groups is 1. The van der Waals surface area contributed by atoms with Crippen LogP contribution in [0.15, 0.2) is 70.3 Å². The van der Waals surface area contributed by atoms with Gasteiger partial charge in [-0.05, 0) is 34.1 Å². The Bertz CT molecular complexity index is 800. The number of benzene rings is 1. The van der Waals surface area contributed by atoms with E-state index in [0.29, 0.717) is 0 Å². The Morgan fingerprint density at radius 3 is 2.54 bits per heavy atom. The third-order valence-electron chi connectivity index (χ3n) is 4.77. The highest BCUT2D eigenvalue weighted by Crippen LogP contribution is 2.46. The number of ether oxygens (including phenoxy) is 1. The van der Waals surface area contributed by atoms with Gasteiger partial charge < -0.3 is 9.64 Å². The molecule has 0 aliphatic carbocycles. The number of allylic oxidation sites excluding steroid dienone is 1. The van der Waals surface area contributed by atoms with E-state index in [0.717, 1.165) is 44.4 Å². The van der Waals surface area contributed by atoms with Gasteiger partial charge in [-0.25, -0.2) is 9.97 Å². The molecule has 5 nitrogen and oxygen atoms in total. The summed E-state index contributed by atoms with van der Waals surface area (Å²) in [5.74, 6) is 1.81. The van der Waals surface area contributed by atoms with Crippen LogP contribution in [0.5, 0.6) is 0 Å². The zero-order valence-electron chi connectivity index (χ0n) is 15.0. The fraction of sp³-hybridized carbons (Fsp3) is 0.300. The van der Waals surface area contributed by atoms with Crippen LogP contribution in [0, 0.1) is 0 Å². The first-order valence-electron chi connectivity index (χ1n) is 8.88. The van der Waals surface area contributed by atoms with Crippen molar-refractivity contribution in [3.63, 3.8) is 0 Å². The Hall–Kier alpha value is -2.31. The van der Waals surface area contributed by atoms with E-state index in [-0.39, 0.29) is 0 Å². The number of methoxy groups -OCH3 is 1. The second kappa shape index (κ2) is 7.93. The van der Waals surface area contributed by atoms with Crippen molar-refractivity contribution in [2.24, 2.45) is 0 Å². The van der Waals surface area contributed by atoms with Crippen molar-refractivity contribution in [3.8, 4) is 0 Å². The lowest BCUT2D eigenvalue weighted by Crippen LogP contribution is -2.46. The zero-order chi connectivity index (χ0) is 17.8. The second-order valence-electron chi connectivity index (χ2n) is 6.40. The maximum absolute atomic E-state index is 5.37. The highest BCUT2D eigenvalue weighted by Gasteiger charge is 2.20. The molecule has 1 atom stereocenters. The predicted octanol–water partition coefficient (Wildman–Crippen LogP) is 3.17. The molecule has 1 fully saturated rings. The number of piperazine rings is 1. The summed E-state index contributed by atoms with van der Waals surface area (Å²) in [6.45, 7) is 4.98. The second-order valence-corrected chi connectivity index (χ2v) is 8.25. The number of hydrogen-bond donors (Lipinski definition) is 1. The molecule has 4 rings (SSSR count). The summed E-state index contributed by atoms with van der Waals surface area (Å²) in [5, 5.41) is 4.52. The van der Waals surface area contributed by atoms with Gasteiger partial charge in [-0.3, -0.25) is 4.90 Å². The van der Waals surface area contributed by atoms with Crippen molar-refractivity contribution >= 4 is 16.8 Å². The van der Waals surface area contributed by atoms with Crippen molar-refractivity contribution < 1.29 is 4.74 Å². The van der Waals surface area contributed by atoms with Crippen molar-refractivity contribution in [1.82, 2.24) is 14.9 Å². The number of aromatic nitrogens is 2. The van der Waals surface area contributed by atoms with E-state index in [2.05, 4.69) is 60.9 Å². The predicted molar refractivity (Wildman–Crippen MR) is 107 cm³/mol. The highest BCUT2D eigenvalue weighted by atomic mass is 32.2. The minimum Gasteiger partial charge on any atom is -0.496 e. The standard InChI is InChI=1S/C20H24N4OS/c1-25-18-7-14-26(16-18)19-6-3-2-5-17(19)15-23-10-12-24(13-11-23)20-21-8-4-9-22-20/h2-9,14,16,26H,10-13,15H2,1H3. The SMILES string of the molecule is COC1=C[SH](c2ccccc2CN2CCN(c3ncccn3)CC2)C=C1. The summed E-state index contributed by atoms with van der Waals surface area (Å²) < 4.78 is 5.37. The molecule has 2 aliphatic heterocycles.